The molecule has 0 spiro atoms. The van der Waals surface area contributed by atoms with Gasteiger partial charge in [0.2, 0.25) is 0 Å². The average molecular weight is 252 g/mol. The monoisotopic (exact) mass is 252 g/mol. The second-order valence-electron chi connectivity index (χ2n) is 4.16. The number of rotatable bonds is 5. The number of aliphatic carboxylic acids is 1. The van der Waals surface area contributed by atoms with Crippen LogP contribution in [-0.4, -0.2) is 28.2 Å². The van der Waals surface area contributed by atoms with Crippen LogP contribution in [0.15, 0.2) is 30.3 Å². The van der Waals surface area contributed by atoms with Crippen LogP contribution in [0.4, 0.5) is 0 Å². The fourth-order valence-electron chi connectivity index (χ4n) is 2.02. The van der Waals surface area contributed by atoms with E-state index in [4.69, 9.17) is 4.74 Å². The molecule has 0 bridgehead atoms. The van der Waals surface area contributed by atoms with Crippen LogP contribution >= 0.6 is 11.8 Å². The molecule has 0 saturated carbocycles. The lowest BCUT2D eigenvalue weighted by Gasteiger charge is -2.22. The Labute approximate surface area is 105 Å². The maximum Gasteiger partial charge on any atom is 0.319 e. The van der Waals surface area contributed by atoms with E-state index < -0.39 is 10.7 Å². The molecule has 1 aliphatic rings. The van der Waals surface area contributed by atoms with Crippen molar-refractivity contribution in [3.63, 3.8) is 0 Å². The van der Waals surface area contributed by atoms with Gasteiger partial charge in [-0.2, -0.15) is 0 Å². The normalized spacial score (nSPS) is 23.5. The number of carboxylic acids is 1. The van der Waals surface area contributed by atoms with Crippen molar-refractivity contribution in [3.05, 3.63) is 30.3 Å². The van der Waals surface area contributed by atoms with Gasteiger partial charge in [0.15, 0.2) is 0 Å². The van der Waals surface area contributed by atoms with E-state index in [1.807, 2.05) is 30.3 Å². The largest absolute Gasteiger partial charge is 0.494 e. The van der Waals surface area contributed by atoms with E-state index in [0.717, 1.165) is 24.3 Å². The summed E-state index contributed by atoms with van der Waals surface area (Å²) in [7, 11) is 0. The van der Waals surface area contributed by atoms with Crippen molar-refractivity contribution < 1.29 is 14.6 Å². The van der Waals surface area contributed by atoms with Crippen LogP contribution in [-0.2, 0) is 4.79 Å². The summed E-state index contributed by atoms with van der Waals surface area (Å²) in [6, 6.07) is 9.52. The van der Waals surface area contributed by atoms with Crippen LogP contribution in [0.5, 0.6) is 5.75 Å². The molecule has 17 heavy (non-hydrogen) atoms. The molecular formula is C13H16O3S. The fraction of sp³-hybridized carbons (Fsp3) is 0.462. The predicted molar refractivity (Wildman–Crippen MR) is 68.6 cm³/mol. The lowest BCUT2D eigenvalue weighted by atomic mass is 10.00. The zero-order valence-electron chi connectivity index (χ0n) is 9.59. The van der Waals surface area contributed by atoms with Gasteiger partial charge in [0.25, 0.3) is 0 Å². The molecule has 1 aliphatic heterocycles. The third-order valence-corrected chi connectivity index (χ3v) is 4.64. The summed E-state index contributed by atoms with van der Waals surface area (Å²) in [5, 5.41) is 9.28. The average Bonchev–Trinajstić information content (AvgIpc) is 2.80. The van der Waals surface area contributed by atoms with E-state index in [1.165, 1.54) is 0 Å². The van der Waals surface area contributed by atoms with Crippen LogP contribution in [0.25, 0.3) is 0 Å². The number of ether oxygens (including phenoxy) is 1. The Balaban J connectivity index is 1.87. The fourth-order valence-corrected chi connectivity index (χ4v) is 3.34. The van der Waals surface area contributed by atoms with E-state index in [1.54, 1.807) is 11.8 Å². The summed E-state index contributed by atoms with van der Waals surface area (Å²) in [6.45, 7) is 0.462. The summed E-state index contributed by atoms with van der Waals surface area (Å²) in [6.07, 6.45) is 2.31. The maximum absolute atomic E-state index is 11.3. The van der Waals surface area contributed by atoms with Gasteiger partial charge < -0.3 is 9.84 Å². The Bertz CT molecular complexity index is 372. The molecule has 0 amide bonds. The van der Waals surface area contributed by atoms with Gasteiger partial charge in [0.05, 0.1) is 6.61 Å². The third-order valence-electron chi connectivity index (χ3n) is 3.01. The van der Waals surface area contributed by atoms with Crippen molar-refractivity contribution in [2.24, 2.45) is 0 Å². The first-order chi connectivity index (χ1) is 8.23. The molecular weight excluding hydrogens is 236 g/mol. The molecule has 0 aromatic heterocycles. The summed E-state index contributed by atoms with van der Waals surface area (Å²) in [4.78, 5) is 11.3. The van der Waals surface area contributed by atoms with E-state index >= 15 is 0 Å². The Morgan fingerprint density at radius 1 is 1.41 bits per heavy atom. The molecule has 1 unspecified atom stereocenters. The van der Waals surface area contributed by atoms with Gasteiger partial charge in [-0.25, -0.2) is 0 Å². The third kappa shape index (κ3) is 2.94. The highest BCUT2D eigenvalue weighted by atomic mass is 32.2. The standard InChI is InChI=1S/C13H16O3S/c14-12(15)13(7-4-10-17-13)8-9-16-11-5-2-1-3-6-11/h1-3,5-6H,4,7-10H2,(H,14,15). The smallest absolute Gasteiger partial charge is 0.319 e. The number of para-hydroxylation sites is 1. The van der Waals surface area contributed by atoms with Crippen LogP contribution in [0.1, 0.15) is 19.3 Å². The van der Waals surface area contributed by atoms with Gasteiger partial charge in [-0.15, -0.1) is 11.8 Å². The van der Waals surface area contributed by atoms with Crippen molar-refractivity contribution in [3.8, 4) is 5.75 Å². The number of benzene rings is 1. The second kappa shape index (κ2) is 5.45. The van der Waals surface area contributed by atoms with E-state index in [0.29, 0.717) is 13.0 Å². The number of carbonyl (C=O) groups is 1. The SMILES string of the molecule is O=C(O)C1(CCOc2ccccc2)CCCS1. The summed E-state index contributed by atoms with van der Waals surface area (Å²) >= 11 is 1.55. The molecule has 0 aliphatic carbocycles. The molecule has 92 valence electrons. The number of carboxylic acid groups (broad SMARTS) is 1. The molecule has 1 atom stereocenters. The van der Waals surface area contributed by atoms with E-state index in [-0.39, 0.29) is 0 Å². The minimum Gasteiger partial charge on any atom is -0.494 e. The highest BCUT2D eigenvalue weighted by Gasteiger charge is 2.41. The van der Waals surface area contributed by atoms with Crippen molar-refractivity contribution in [1.29, 1.82) is 0 Å². The Morgan fingerprint density at radius 3 is 2.76 bits per heavy atom. The van der Waals surface area contributed by atoms with Crippen molar-refractivity contribution in [2.45, 2.75) is 24.0 Å². The molecule has 0 radical (unpaired) electrons. The summed E-state index contributed by atoms with van der Waals surface area (Å²) < 4.78 is 4.95. The van der Waals surface area contributed by atoms with Gasteiger partial charge in [-0.1, -0.05) is 18.2 Å². The summed E-state index contributed by atoms with van der Waals surface area (Å²) in [5.41, 5.74) is 0. The highest BCUT2D eigenvalue weighted by molar-refractivity contribution is 8.01. The van der Waals surface area contributed by atoms with Crippen molar-refractivity contribution in [2.75, 3.05) is 12.4 Å². The van der Waals surface area contributed by atoms with Crippen LogP contribution < -0.4 is 4.74 Å². The summed E-state index contributed by atoms with van der Waals surface area (Å²) in [5.74, 6) is 1.05. The quantitative estimate of drug-likeness (QED) is 0.875. The first kappa shape index (κ1) is 12.3. The molecule has 1 saturated heterocycles. The van der Waals surface area contributed by atoms with E-state index in [2.05, 4.69) is 0 Å². The Morgan fingerprint density at radius 2 is 2.18 bits per heavy atom. The van der Waals surface area contributed by atoms with E-state index in [9.17, 15) is 9.90 Å². The minimum absolute atomic E-state index is 0.462. The zero-order chi connectivity index (χ0) is 12.1. The molecule has 1 N–H and O–H groups in total. The van der Waals surface area contributed by atoms with Crippen LogP contribution in [0.3, 0.4) is 0 Å². The lowest BCUT2D eigenvalue weighted by Crippen LogP contribution is -2.34. The maximum atomic E-state index is 11.3. The van der Waals surface area contributed by atoms with Gasteiger partial charge in [0.1, 0.15) is 10.5 Å². The first-order valence-corrected chi connectivity index (χ1v) is 6.77. The molecule has 1 heterocycles. The lowest BCUT2D eigenvalue weighted by molar-refractivity contribution is -0.140. The molecule has 4 heteroatoms. The number of hydrogen-bond donors (Lipinski definition) is 1. The molecule has 2 rings (SSSR count). The second-order valence-corrected chi connectivity index (χ2v) is 5.64. The van der Waals surface area contributed by atoms with Gasteiger partial charge in [-0.3, -0.25) is 4.79 Å². The molecule has 1 fully saturated rings. The predicted octanol–water partition coefficient (Wildman–Crippen LogP) is 2.81. The molecule has 1 aromatic carbocycles. The van der Waals surface area contributed by atoms with Gasteiger partial charge in [0, 0.05) is 6.42 Å². The van der Waals surface area contributed by atoms with Crippen molar-refractivity contribution in [1.82, 2.24) is 0 Å². The zero-order valence-corrected chi connectivity index (χ0v) is 10.4. The van der Waals surface area contributed by atoms with Crippen LogP contribution in [0.2, 0.25) is 0 Å². The topological polar surface area (TPSA) is 46.5 Å². The van der Waals surface area contributed by atoms with Crippen LogP contribution in [0, 0.1) is 0 Å². The van der Waals surface area contributed by atoms with Gasteiger partial charge in [-0.05, 0) is 30.7 Å². The first-order valence-electron chi connectivity index (χ1n) is 5.78. The molecule has 1 aromatic rings. The number of thioether (sulfide) groups is 1. The Kier molecular flexibility index (Phi) is 3.94. The highest BCUT2D eigenvalue weighted by Crippen LogP contribution is 2.41. The Hall–Kier alpha value is -1.16. The molecule has 3 nitrogen and oxygen atoms in total. The van der Waals surface area contributed by atoms with Gasteiger partial charge >= 0.3 is 5.97 Å². The van der Waals surface area contributed by atoms with Crippen molar-refractivity contribution >= 4 is 17.7 Å². The minimum atomic E-state index is -0.698. The number of hydrogen-bond acceptors (Lipinski definition) is 3.